The van der Waals surface area contributed by atoms with E-state index in [0.717, 1.165) is 24.4 Å². The van der Waals surface area contributed by atoms with Crippen molar-refractivity contribution >= 4 is 23.5 Å². The van der Waals surface area contributed by atoms with Crippen LogP contribution < -0.4 is 10.2 Å². The molecule has 4 rings (SSSR count). The molecule has 0 radical (unpaired) electrons. The van der Waals surface area contributed by atoms with E-state index in [-0.39, 0.29) is 23.8 Å². The van der Waals surface area contributed by atoms with Gasteiger partial charge in [-0.1, -0.05) is 32.9 Å². The molecule has 3 fully saturated rings. The SMILES string of the molecule is Cc1cccc(N2CCN(C(=O)CN3C(=O)NC4(CC(C)CC(C)(C)C4)C3=O)CC2)c1C. The normalized spacial score (nSPS) is 27.8. The molecule has 2 unspecified atom stereocenters. The summed E-state index contributed by atoms with van der Waals surface area (Å²) < 4.78 is 0. The summed E-state index contributed by atoms with van der Waals surface area (Å²) in [6.07, 6.45) is 2.29. The minimum Gasteiger partial charge on any atom is -0.368 e. The Kier molecular flexibility index (Phi) is 5.72. The molecule has 2 aliphatic heterocycles. The fourth-order valence-electron chi connectivity index (χ4n) is 6.16. The van der Waals surface area contributed by atoms with E-state index in [9.17, 15) is 14.4 Å². The number of carbonyl (C=O) groups is 3. The predicted octanol–water partition coefficient (Wildman–Crippen LogP) is 3.09. The molecule has 1 aromatic carbocycles. The van der Waals surface area contributed by atoms with E-state index in [1.54, 1.807) is 4.90 Å². The van der Waals surface area contributed by atoms with E-state index < -0.39 is 11.6 Å². The molecule has 7 heteroatoms. The summed E-state index contributed by atoms with van der Waals surface area (Å²) in [6.45, 7) is 13.1. The summed E-state index contributed by atoms with van der Waals surface area (Å²) in [5, 5.41) is 2.96. The predicted molar refractivity (Wildman–Crippen MR) is 124 cm³/mol. The summed E-state index contributed by atoms with van der Waals surface area (Å²) >= 11 is 0. The Bertz CT molecular complexity index is 935. The number of urea groups is 1. The first-order valence-electron chi connectivity index (χ1n) is 11.7. The lowest BCUT2D eigenvalue weighted by molar-refractivity contribution is -0.140. The van der Waals surface area contributed by atoms with Gasteiger partial charge in [0.2, 0.25) is 5.91 Å². The number of carbonyl (C=O) groups excluding carboxylic acids is 3. The maximum absolute atomic E-state index is 13.3. The highest BCUT2D eigenvalue weighted by atomic mass is 16.2. The van der Waals surface area contributed by atoms with Crippen molar-refractivity contribution in [3.8, 4) is 0 Å². The third-order valence-electron chi connectivity index (χ3n) is 7.47. The first-order chi connectivity index (χ1) is 15.0. The van der Waals surface area contributed by atoms with Gasteiger partial charge < -0.3 is 15.1 Å². The monoisotopic (exact) mass is 440 g/mol. The van der Waals surface area contributed by atoms with Crippen LogP contribution in [0.3, 0.4) is 0 Å². The summed E-state index contributed by atoms with van der Waals surface area (Å²) in [5.74, 6) is -0.0458. The van der Waals surface area contributed by atoms with Gasteiger partial charge in [0.15, 0.2) is 0 Å². The fourth-order valence-corrected chi connectivity index (χ4v) is 6.16. The van der Waals surface area contributed by atoms with Crippen molar-refractivity contribution in [1.29, 1.82) is 0 Å². The lowest BCUT2D eigenvalue weighted by atomic mass is 9.64. The van der Waals surface area contributed by atoms with E-state index in [2.05, 4.69) is 63.0 Å². The molecule has 2 heterocycles. The van der Waals surface area contributed by atoms with Gasteiger partial charge in [-0.25, -0.2) is 4.79 Å². The molecule has 0 aromatic heterocycles. The molecular formula is C25H36N4O3. The highest BCUT2D eigenvalue weighted by molar-refractivity contribution is 6.09. The standard InChI is InChI=1S/C25H36N4O3/c1-17-13-24(4,5)16-25(14-17)22(31)29(23(32)26-25)15-21(30)28-11-9-27(10-12-28)20-8-6-7-18(2)19(20)3/h6-8,17H,9-16H2,1-5H3,(H,26,32). The van der Waals surface area contributed by atoms with E-state index in [1.165, 1.54) is 16.8 Å². The van der Waals surface area contributed by atoms with E-state index in [1.807, 2.05) is 0 Å². The van der Waals surface area contributed by atoms with E-state index >= 15 is 0 Å². The first kappa shape index (κ1) is 22.6. The quantitative estimate of drug-likeness (QED) is 0.733. The molecule has 1 spiro atoms. The maximum Gasteiger partial charge on any atom is 0.325 e. The van der Waals surface area contributed by atoms with E-state index in [4.69, 9.17) is 0 Å². The van der Waals surface area contributed by atoms with Crippen molar-refractivity contribution in [2.45, 2.75) is 59.4 Å². The largest absolute Gasteiger partial charge is 0.368 e. The molecule has 1 N–H and O–H groups in total. The lowest BCUT2D eigenvalue weighted by Gasteiger charge is -2.43. The number of aryl methyl sites for hydroxylation is 1. The third kappa shape index (κ3) is 4.09. The number of rotatable bonds is 3. The number of benzene rings is 1. The van der Waals surface area contributed by atoms with Gasteiger partial charge in [0.1, 0.15) is 12.1 Å². The van der Waals surface area contributed by atoms with Crippen molar-refractivity contribution in [1.82, 2.24) is 15.1 Å². The second-order valence-corrected chi connectivity index (χ2v) is 10.8. The van der Waals surface area contributed by atoms with Crippen molar-refractivity contribution in [2.24, 2.45) is 11.3 Å². The van der Waals surface area contributed by atoms with Gasteiger partial charge in [-0.3, -0.25) is 14.5 Å². The van der Waals surface area contributed by atoms with Crippen molar-refractivity contribution in [3.63, 3.8) is 0 Å². The number of piperazine rings is 1. The number of hydrogen-bond acceptors (Lipinski definition) is 4. The Morgan fingerprint density at radius 1 is 1.09 bits per heavy atom. The Hall–Kier alpha value is -2.57. The topological polar surface area (TPSA) is 73.0 Å². The van der Waals surface area contributed by atoms with Gasteiger partial charge in [0.25, 0.3) is 5.91 Å². The average molecular weight is 441 g/mol. The molecular weight excluding hydrogens is 404 g/mol. The second kappa shape index (κ2) is 8.09. The Labute approximate surface area is 191 Å². The van der Waals surface area contributed by atoms with Crippen LogP contribution in [0.2, 0.25) is 0 Å². The zero-order valence-electron chi connectivity index (χ0n) is 20.0. The number of amides is 4. The third-order valence-corrected chi connectivity index (χ3v) is 7.47. The van der Waals surface area contributed by atoms with Gasteiger partial charge in [-0.15, -0.1) is 0 Å². The number of nitrogens with one attached hydrogen (secondary N) is 1. The fraction of sp³-hybridized carbons (Fsp3) is 0.640. The Morgan fingerprint density at radius 2 is 1.78 bits per heavy atom. The molecule has 1 saturated carbocycles. The van der Waals surface area contributed by atoms with Crippen LogP contribution in [0.25, 0.3) is 0 Å². The van der Waals surface area contributed by atoms with Crippen LogP contribution in [0.1, 0.15) is 51.2 Å². The highest BCUT2D eigenvalue weighted by Gasteiger charge is 2.56. The summed E-state index contributed by atoms with van der Waals surface area (Å²) in [6, 6.07) is 5.87. The van der Waals surface area contributed by atoms with Crippen LogP contribution in [0.15, 0.2) is 18.2 Å². The van der Waals surface area contributed by atoms with Crippen LogP contribution in [0.5, 0.6) is 0 Å². The summed E-state index contributed by atoms with van der Waals surface area (Å²) in [4.78, 5) is 44.3. The minimum absolute atomic E-state index is 0.0229. The first-order valence-corrected chi connectivity index (χ1v) is 11.7. The van der Waals surface area contributed by atoms with Gasteiger partial charge in [-0.05, 0) is 61.6 Å². The lowest BCUT2D eigenvalue weighted by Crippen LogP contribution is -2.55. The maximum atomic E-state index is 13.3. The van der Waals surface area contributed by atoms with Crippen molar-refractivity contribution < 1.29 is 14.4 Å². The second-order valence-electron chi connectivity index (χ2n) is 10.8. The smallest absolute Gasteiger partial charge is 0.325 e. The minimum atomic E-state index is -0.861. The van der Waals surface area contributed by atoms with Gasteiger partial charge in [0, 0.05) is 31.9 Å². The number of imide groups is 1. The van der Waals surface area contributed by atoms with Crippen LogP contribution in [-0.2, 0) is 9.59 Å². The summed E-state index contributed by atoms with van der Waals surface area (Å²) in [5.41, 5.74) is 2.85. The zero-order chi connectivity index (χ0) is 23.3. The van der Waals surface area contributed by atoms with E-state index in [0.29, 0.717) is 31.8 Å². The molecule has 32 heavy (non-hydrogen) atoms. The molecule has 0 bridgehead atoms. The van der Waals surface area contributed by atoms with Crippen LogP contribution in [-0.4, -0.2) is 65.9 Å². The zero-order valence-corrected chi connectivity index (χ0v) is 20.0. The molecule has 3 aliphatic rings. The summed E-state index contributed by atoms with van der Waals surface area (Å²) in [7, 11) is 0. The highest BCUT2D eigenvalue weighted by Crippen LogP contribution is 2.46. The molecule has 2 saturated heterocycles. The van der Waals surface area contributed by atoms with Crippen LogP contribution in [0.4, 0.5) is 10.5 Å². The van der Waals surface area contributed by atoms with Crippen molar-refractivity contribution in [3.05, 3.63) is 29.3 Å². The van der Waals surface area contributed by atoms with Gasteiger partial charge >= 0.3 is 6.03 Å². The van der Waals surface area contributed by atoms with Crippen LogP contribution >= 0.6 is 0 Å². The number of nitrogens with zero attached hydrogens (tertiary/aromatic N) is 3. The molecule has 2 atom stereocenters. The Balaban J connectivity index is 1.39. The molecule has 174 valence electrons. The molecule has 1 aromatic rings. The molecule has 1 aliphatic carbocycles. The average Bonchev–Trinajstić information content (AvgIpc) is 2.92. The van der Waals surface area contributed by atoms with Gasteiger partial charge in [-0.2, -0.15) is 0 Å². The Morgan fingerprint density at radius 3 is 2.44 bits per heavy atom. The number of anilines is 1. The molecule has 4 amide bonds. The van der Waals surface area contributed by atoms with Crippen molar-refractivity contribution in [2.75, 3.05) is 37.6 Å². The molecule has 7 nitrogen and oxygen atoms in total. The van der Waals surface area contributed by atoms with Crippen LogP contribution in [0, 0.1) is 25.2 Å². The van der Waals surface area contributed by atoms with Gasteiger partial charge in [0.05, 0.1) is 0 Å². The number of hydrogen-bond donors (Lipinski definition) is 1.